The zero-order chi connectivity index (χ0) is 13.1. The molecule has 2 rings (SSSR count). The predicted molar refractivity (Wildman–Crippen MR) is 75.4 cm³/mol. The van der Waals surface area contributed by atoms with Crippen LogP contribution in [0.15, 0.2) is 33.5 Å². The van der Waals surface area contributed by atoms with E-state index in [0.717, 1.165) is 19.9 Å². The summed E-state index contributed by atoms with van der Waals surface area (Å²) in [4.78, 5) is 3.04. The first-order valence-electron chi connectivity index (χ1n) is 5.53. The summed E-state index contributed by atoms with van der Waals surface area (Å²) in [6.07, 6.45) is -0.425. The van der Waals surface area contributed by atoms with Crippen LogP contribution in [0.5, 0.6) is 0 Å². The summed E-state index contributed by atoms with van der Waals surface area (Å²) in [6.45, 7) is 1.76. The maximum atomic E-state index is 9.44. The number of hydrogen-bond acceptors (Lipinski definition) is 6. The van der Waals surface area contributed by atoms with Gasteiger partial charge in [-0.2, -0.15) is 0 Å². The van der Waals surface area contributed by atoms with Gasteiger partial charge in [0.25, 0.3) is 0 Å². The molecule has 1 unspecified atom stereocenters. The molecule has 0 aliphatic carbocycles. The average Bonchev–Trinajstić information content (AvgIpc) is 2.78. The van der Waals surface area contributed by atoms with Crippen molar-refractivity contribution in [3.63, 3.8) is 0 Å². The molecule has 0 saturated heterocycles. The lowest BCUT2D eigenvalue weighted by molar-refractivity contribution is 0.199. The van der Waals surface area contributed by atoms with Crippen molar-refractivity contribution in [1.29, 1.82) is 0 Å². The molecule has 4 nitrogen and oxygen atoms in total. The monoisotopic (exact) mass is 281 g/mol. The fourth-order valence-corrected chi connectivity index (χ4v) is 3.08. The van der Waals surface area contributed by atoms with E-state index in [1.807, 2.05) is 43.3 Å². The summed E-state index contributed by atoms with van der Waals surface area (Å²) >= 11 is 3.15. The molecule has 0 radical (unpaired) electrons. The molecule has 1 N–H and O–H groups in total. The number of anilines is 1. The maximum absolute atomic E-state index is 9.44. The fraction of sp³-hybridized carbons (Fsp3) is 0.333. The van der Waals surface area contributed by atoms with E-state index in [1.54, 1.807) is 30.0 Å². The highest BCUT2D eigenvalue weighted by molar-refractivity contribution is 8.01. The fourth-order valence-electron chi connectivity index (χ4n) is 1.34. The van der Waals surface area contributed by atoms with Gasteiger partial charge in [0, 0.05) is 19.0 Å². The normalized spacial score (nSPS) is 12.4. The molecule has 0 saturated carbocycles. The molecule has 96 valence electrons. The van der Waals surface area contributed by atoms with E-state index in [4.69, 9.17) is 0 Å². The van der Waals surface area contributed by atoms with Gasteiger partial charge in [0.2, 0.25) is 5.13 Å². The molecule has 0 aliphatic heterocycles. The van der Waals surface area contributed by atoms with Crippen molar-refractivity contribution in [3.05, 3.63) is 29.8 Å². The number of hydrogen-bond donors (Lipinski definition) is 1. The van der Waals surface area contributed by atoms with Crippen LogP contribution in [-0.2, 0) is 0 Å². The van der Waals surface area contributed by atoms with Gasteiger partial charge in [-0.05, 0) is 24.6 Å². The van der Waals surface area contributed by atoms with Gasteiger partial charge in [0.15, 0.2) is 4.34 Å². The molecule has 1 atom stereocenters. The van der Waals surface area contributed by atoms with Crippen LogP contribution in [0.4, 0.5) is 5.13 Å². The predicted octanol–water partition coefficient (Wildman–Crippen LogP) is 2.81. The van der Waals surface area contributed by atoms with Crippen LogP contribution in [-0.4, -0.2) is 29.4 Å². The first kappa shape index (κ1) is 13.3. The third-order valence-electron chi connectivity index (χ3n) is 2.35. The molecule has 0 fully saturated rings. The Labute approximate surface area is 115 Å². The van der Waals surface area contributed by atoms with Crippen LogP contribution in [0.25, 0.3) is 0 Å². The van der Waals surface area contributed by atoms with Gasteiger partial charge in [-0.25, -0.2) is 0 Å². The molecule has 0 aliphatic rings. The largest absolute Gasteiger partial charge is 0.389 e. The summed E-state index contributed by atoms with van der Waals surface area (Å²) in [5.74, 6) is 0. The van der Waals surface area contributed by atoms with Gasteiger partial charge in [-0.1, -0.05) is 35.2 Å². The van der Waals surface area contributed by atoms with E-state index in [-0.39, 0.29) is 0 Å². The summed E-state index contributed by atoms with van der Waals surface area (Å²) in [5.41, 5.74) is 0.922. The Morgan fingerprint density at radius 1 is 1.22 bits per heavy atom. The zero-order valence-electron chi connectivity index (χ0n) is 10.5. The lowest BCUT2D eigenvalue weighted by Crippen LogP contribution is -2.07. The van der Waals surface area contributed by atoms with Crippen LogP contribution in [0.3, 0.4) is 0 Å². The second-order valence-electron chi connectivity index (χ2n) is 4.09. The number of rotatable bonds is 4. The molecule has 2 aromatic rings. The highest BCUT2D eigenvalue weighted by Gasteiger charge is 2.07. The van der Waals surface area contributed by atoms with Crippen LogP contribution in [0, 0.1) is 0 Å². The van der Waals surface area contributed by atoms with Crippen molar-refractivity contribution in [2.75, 3.05) is 19.0 Å². The Balaban J connectivity index is 2.08. The molecule has 1 heterocycles. The standard InChI is InChI=1S/C12H15N3OS2/c1-8(16)9-4-6-10(7-5-9)17-12-14-13-11(18-12)15(2)3/h4-8,16H,1-3H3. The first-order valence-corrected chi connectivity index (χ1v) is 7.16. The minimum Gasteiger partial charge on any atom is -0.389 e. The molecule has 18 heavy (non-hydrogen) atoms. The number of nitrogens with zero attached hydrogens (tertiary/aromatic N) is 3. The van der Waals surface area contributed by atoms with Gasteiger partial charge in [-0.15, -0.1) is 10.2 Å². The lowest BCUT2D eigenvalue weighted by Gasteiger charge is -2.05. The van der Waals surface area contributed by atoms with Crippen LogP contribution < -0.4 is 4.90 Å². The molecular formula is C12H15N3OS2. The quantitative estimate of drug-likeness (QED) is 0.934. The lowest BCUT2D eigenvalue weighted by atomic mass is 10.1. The highest BCUT2D eigenvalue weighted by atomic mass is 32.2. The average molecular weight is 281 g/mol. The van der Waals surface area contributed by atoms with E-state index in [2.05, 4.69) is 10.2 Å². The maximum Gasteiger partial charge on any atom is 0.208 e. The van der Waals surface area contributed by atoms with Crippen LogP contribution in [0.2, 0.25) is 0 Å². The molecule has 0 amide bonds. The number of benzene rings is 1. The van der Waals surface area contributed by atoms with Gasteiger partial charge in [-0.3, -0.25) is 0 Å². The first-order chi connectivity index (χ1) is 8.56. The van der Waals surface area contributed by atoms with E-state index in [0.29, 0.717) is 0 Å². The van der Waals surface area contributed by atoms with E-state index >= 15 is 0 Å². The minimum atomic E-state index is -0.425. The minimum absolute atomic E-state index is 0.425. The molecule has 6 heteroatoms. The Morgan fingerprint density at radius 3 is 2.39 bits per heavy atom. The van der Waals surface area contributed by atoms with Crippen molar-refractivity contribution in [2.45, 2.75) is 22.3 Å². The van der Waals surface area contributed by atoms with Crippen molar-refractivity contribution in [1.82, 2.24) is 10.2 Å². The molecule has 0 spiro atoms. The number of aliphatic hydroxyl groups excluding tert-OH is 1. The summed E-state index contributed by atoms with van der Waals surface area (Å²) in [7, 11) is 3.90. The summed E-state index contributed by atoms with van der Waals surface area (Å²) in [5, 5.41) is 18.6. The van der Waals surface area contributed by atoms with Gasteiger partial charge in [0.1, 0.15) is 0 Å². The van der Waals surface area contributed by atoms with Crippen LogP contribution >= 0.6 is 23.1 Å². The SMILES string of the molecule is CC(O)c1ccc(Sc2nnc(N(C)C)s2)cc1. The van der Waals surface area contributed by atoms with Gasteiger partial charge in [0.05, 0.1) is 6.10 Å². The third kappa shape index (κ3) is 3.22. The van der Waals surface area contributed by atoms with Crippen molar-refractivity contribution >= 4 is 28.2 Å². The second-order valence-corrected chi connectivity index (χ2v) is 6.37. The number of aromatic nitrogens is 2. The van der Waals surface area contributed by atoms with Crippen molar-refractivity contribution < 1.29 is 5.11 Å². The molecule has 1 aromatic heterocycles. The molecular weight excluding hydrogens is 266 g/mol. The van der Waals surface area contributed by atoms with Gasteiger partial charge >= 0.3 is 0 Å². The Kier molecular flexibility index (Phi) is 4.21. The smallest absolute Gasteiger partial charge is 0.208 e. The van der Waals surface area contributed by atoms with E-state index in [1.165, 1.54) is 0 Å². The van der Waals surface area contributed by atoms with E-state index < -0.39 is 6.10 Å². The Hall–Kier alpha value is -1.11. The van der Waals surface area contributed by atoms with Gasteiger partial charge < -0.3 is 10.0 Å². The summed E-state index contributed by atoms with van der Waals surface area (Å²) in [6, 6.07) is 7.84. The molecule has 1 aromatic carbocycles. The van der Waals surface area contributed by atoms with Crippen molar-refractivity contribution in [3.8, 4) is 0 Å². The van der Waals surface area contributed by atoms with Crippen LogP contribution in [0.1, 0.15) is 18.6 Å². The van der Waals surface area contributed by atoms with E-state index in [9.17, 15) is 5.11 Å². The summed E-state index contributed by atoms with van der Waals surface area (Å²) < 4.78 is 0.920. The molecule has 0 bridgehead atoms. The second kappa shape index (κ2) is 5.69. The zero-order valence-corrected chi connectivity index (χ0v) is 12.1. The Morgan fingerprint density at radius 2 is 1.89 bits per heavy atom. The number of aliphatic hydroxyl groups is 1. The Bertz CT molecular complexity index is 508. The topological polar surface area (TPSA) is 49.3 Å². The van der Waals surface area contributed by atoms with Crippen molar-refractivity contribution in [2.24, 2.45) is 0 Å². The highest BCUT2D eigenvalue weighted by Crippen LogP contribution is 2.33. The third-order valence-corrected chi connectivity index (χ3v) is 4.50.